The summed E-state index contributed by atoms with van der Waals surface area (Å²) in [4.78, 5) is 2.31. The lowest BCUT2D eigenvalue weighted by Gasteiger charge is -2.21. The van der Waals surface area contributed by atoms with E-state index < -0.39 is 9.84 Å². The highest BCUT2D eigenvalue weighted by molar-refractivity contribution is 7.91. The first kappa shape index (κ1) is 15.3. The molecule has 1 unspecified atom stereocenters. The van der Waals surface area contributed by atoms with E-state index in [-0.39, 0.29) is 11.8 Å². The molecular formula is C15H24N2O2S. The summed E-state index contributed by atoms with van der Waals surface area (Å²) in [5.41, 5.74) is 2.44. The Morgan fingerprint density at radius 1 is 1.20 bits per heavy atom. The molecule has 0 bridgehead atoms. The van der Waals surface area contributed by atoms with Crippen LogP contribution >= 0.6 is 0 Å². The Kier molecular flexibility index (Phi) is 5.05. The van der Waals surface area contributed by atoms with E-state index in [0.29, 0.717) is 5.75 Å². The summed E-state index contributed by atoms with van der Waals surface area (Å²) >= 11 is 0. The molecule has 0 aromatic heterocycles. The molecule has 0 saturated carbocycles. The van der Waals surface area contributed by atoms with Gasteiger partial charge >= 0.3 is 0 Å². The molecule has 1 aromatic rings. The number of sulfone groups is 1. The Labute approximate surface area is 122 Å². The van der Waals surface area contributed by atoms with Gasteiger partial charge < -0.3 is 10.2 Å². The highest BCUT2D eigenvalue weighted by Gasteiger charge is 2.27. The molecule has 1 aliphatic rings. The Bertz CT molecular complexity index is 521. The Morgan fingerprint density at radius 3 is 2.35 bits per heavy atom. The van der Waals surface area contributed by atoms with Crippen LogP contribution in [0, 0.1) is 0 Å². The third-order valence-electron chi connectivity index (χ3n) is 3.89. The Morgan fingerprint density at radius 2 is 1.85 bits per heavy atom. The molecule has 1 fully saturated rings. The molecule has 5 heteroatoms. The number of benzene rings is 1. The first-order valence-corrected chi connectivity index (χ1v) is 9.14. The first-order valence-electron chi connectivity index (χ1n) is 7.31. The number of anilines is 1. The van der Waals surface area contributed by atoms with Gasteiger partial charge in [-0.2, -0.15) is 0 Å². The molecule has 0 aliphatic carbocycles. The van der Waals surface area contributed by atoms with E-state index in [1.54, 1.807) is 0 Å². The molecule has 1 heterocycles. The van der Waals surface area contributed by atoms with Crippen LogP contribution in [0.25, 0.3) is 0 Å². The van der Waals surface area contributed by atoms with Gasteiger partial charge in [-0.1, -0.05) is 12.1 Å². The fourth-order valence-corrected chi connectivity index (χ4v) is 4.34. The maximum Gasteiger partial charge on any atom is 0.151 e. The highest BCUT2D eigenvalue weighted by Crippen LogP contribution is 2.16. The standard InChI is InChI=1S/C15H24N2O2S/c1-3-17(4-2)15-7-5-13(6-8-15)11-16-14-9-10-20(18,19)12-14/h5-8,14,16H,3-4,9-12H2,1-2H3. The molecule has 2 rings (SSSR count). The monoisotopic (exact) mass is 296 g/mol. The quantitative estimate of drug-likeness (QED) is 0.870. The predicted octanol–water partition coefficient (Wildman–Crippen LogP) is 1.81. The topological polar surface area (TPSA) is 49.4 Å². The van der Waals surface area contributed by atoms with Crippen molar-refractivity contribution >= 4 is 15.5 Å². The smallest absolute Gasteiger partial charge is 0.151 e. The second-order valence-electron chi connectivity index (χ2n) is 5.32. The number of hydrogen-bond acceptors (Lipinski definition) is 4. The van der Waals surface area contributed by atoms with Gasteiger partial charge in [0.05, 0.1) is 11.5 Å². The summed E-state index contributed by atoms with van der Waals surface area (Å²) in [6.45, 7) is 7.06. The van der Waals surface area contributed by atoms with E-state index in [9.17, 15) is 8.42 Å². The number of rotatable bonds is 6. The molecule has 1 N–H and O–H groups in total. The minimum atomic E-state index is -2.79. The van der Waals surface area contributed by atoms with E-state index in [2.05, 4.69) is 48.3 Å². The molecule has 20 heavy (non-hydrogen) atoms. The van der Waals surface area contributed by atoms with Crippen LogP contribution < -0.4 is 10.2 Å². The molecule has 1 atom stereocenters. The van der Waals surface area contributed by atoms with Crippen LogP contribution in [0.4, 0.5) is 5.69 Å². The van der Waals surface area contributed by atoms with Gasteiger partial charge in [-0.15, -0.1) is 0 Å². The number of hydrogen-bond donors (Lipinski definition) is 1. The molecule has 4 nitrogen and oxygen atoms in total. The van der Waals surface area contributed by atoms with E-state index in [1.165, 1.54) is 11.3 Å². The van der Waals surface area contributed by atoms with E-state index >= 15 is 0 Å². The van der Waals surface area contributed by atoms with Gasteiger partial charge in [-0.25, -0.2) is 8.42 Å². The maximum atomic E-state index is 11.4. The molecule has 1 aliphatic heterocycles. The second-order valence-corrected chi connectivity index (χ2v) is 7.55. The van der Waals surface area contributed by atoms with Crippen LogP contribution in [0.3, 0.4) is 0 Å². The van der Waals surface area contributed by atoms with E-state index in [0.717, 1.165) is 26.1 Å². The zero-order valence-electron chi connectivity index (χ0n) is 12.3. The van der Waals surface area contributed by atoms with Crippen LogP contribution in [0.2, 0.25) is 0 Å². The molecule has 0 spiro atoms. The largest absolute Gasteiger partial charge is 0.372 e. The van der Waals surface area contributed by atoms with Crippen molar-refractivity contribution in [2.75, 3.05) is 29.5 Å². The average Bonchev–Trinajstić information content (AvgIpc) is 2.79. The minimum absolute atomic E-state index is 0.113. The van der Waals surface area contributed by atoms with Crippen LogP contribution in [0.5, 0.6) is 0 Å². The van der Waals surface area contributed by atoms with Crippen LogP contribution in [0.15, 0.2) is 24.3 Å². The van der Waals surface area contributed by atoms with Gasteiger partial charge in [0.1, 0.15) is 0 Å². The van der Waals surface area contributed by atoms with Gasteiger partial charge in [-0.3, -0.25) is 0 Å². The maximum absolute atomic E-state index is 11.4. The molecule has 1 aromatic carbocycles. The Hall–Kier alpha value is -1.07. The van der Waals surface area contributed by atoms with Crippen molar-refractivity contribution in [3.8, 4) is 0 Å². The number of nitrogens with zero attached hydrogens (tertiary/aromatic N) is 1. The second kappa shape index (κ2) is 6.59. The lowest BCUT2D eigenvalue weighted by Crippen LogP contribution is -2.29. The molecule has 0 radical (unpaired) electrons. The summed E-state index contributed by atoms with van der Waals surface area (Å²) < 4.78 is 22.8. The van der Waals surface area contributed by atoms with Gasteiger partial charge in [0, 0.05) is 31.4 Å². The lowest BCUT2D eigenvalue weighted by molar-refractivity contribution is 0.554. The predicted molar refractivity (Wildman–Crippen MR) is 83.9 cm³/mol. The van der Waals surface area contributed by atoms with Crippen LogP contribution in [0.1, 0.15) is 25.8 Å². The molecule has 1 saturated heterocycles. The van der Waals surface area contributed by atoms with Gasteiger partial charge in [0.15, 0.2) is 9.84 Å². The van der Waals surface area contributed by atoms with Crippen molar-refractivity contribution in [2.45, 2.75) is 32.9 Å². The van der Waals surface area contributed by atoms with Gasteiger partial charge in [-0.05, 0) is 38.0 Å². The van der Waals surface area contributed by atoms with E-state index in [4.69, 9.17) is 0 Å². The SMILES string of the molecule is CCN(CC)c1ccc(CNC2CCS(=O)(=O)C2)cc1. The van der Waals surface area contributed by atoms with E-state index in [1.807, 2.05) is 0 Å². The summed E-state index contributed by atoms with van der Waals surface area (Å²) in [6.07, 6.45) is 0.736. The lowest BCUT2D eigenvalue weighted by atomic mass is 10.1. The summed E-state index contributed by atoms with van der Waals surface area (Å²) in [5, 5.41) is 3.34. The zero-order valence-corrected chi connectivity index (χ0v) is 13.1. The molecule has 112 valence electrons. The molecular weight excluding hydrogens is 272 g/mol. The van der Waals surface area contributed by atoms with Gasteiger partial charge in [0.25, 0.3) is 0 Å². The fourth-order valence-electron chi connectivity index (χ4n) is 2.63. The normalized spacial score (nSPS) is 21.0. The zero-order chi connectivity index (χ0) is 14.6. The average molecular weight is 296 g/mol. The Balaban J connectivity index is 1.88. The first-order chi connectivity index (χ1) is 9.54. The van der Waals surface area contributed by atoms with Crippen molar-refractivity contribution in [3.05, 3.63) is 29.8 Å². The third kappa shape index (κ3) is 3.96. The van der Waals surface area contributed by atoms with Crippen molar-refractivity contribution in [1.29, 1.82) is 0 Å². The summed E-state index contributed by atoms with van der Waals surface area (Å²) in [7, 11) is -2.79. The summed E-state index contributed by atoms with van der Waals surface area (Å²) in [6, 6.07) is 8.61. The van der Waals surface area contributed by atoms with Crippen molar-refractivity contribution in [3.63, 3.8) is 0 Å². The fraction of sp³-hybridized carbons (Fsp3) is 0.600. The van der Waals surface area contributed by atoms with Crippen LogP contribution in [-0.2, 0) is 16.4 Å². The molecule has 0 amide bonds. The van der Waals surface area contributed by atoms with Crippen LogP contribution in [-0.4, -0.2) is 39.1 Å². The minimum Gasteiger partial charge on any atom is -0.372 e. The van der Waals surface area contributed by atoms with Crippen molar-refractivity contribution in [2.24, 2.45) is 0 Å². The van der Waals surface area contributed by atoms with Gasteiger partial charge in [0.2, 0.25) is 0 Å². The number of nitrogens with one attached hydrogen (secondary N) is 1. The van der Waals surface area contributed by atoms with Crippen molar-refractivity contribution in [1.82, 2.24) is 5.32 Å². The summed E-state index contributed by atoms with van der Waals surface area (Å²) in [5.74, 6) is 0.607. The third-order valence-corrected chi connectivity index (χ3v) is 5.66. The highest BCUT2D eigenvalue weighted by atomic mass is 32.2. The van der Waals surface area contributed by atoms with Crippen molar-refractivity contribution < 1.29 is 8.42 Å².